The minimum atomic E-state index is -1.89. The summed E-state index contributed by atoms with van der Waals surface area (Å²) in [5.74, 6) is -2.73. The molecule has 1 rings (SSSR count). The quantitative estimate of drug-likeness (QED) is 0.0476. The number of esters is 2. The zero-order chi connectivity index (χ0) is 39.7. The van der Waals surface area contributed by atoms with Crippen LogP contribution in [0.4, 0.5) is 0 Å². The highest BCUT2D eigenvalue weighted by Crippen LogP contribution is 2.23. The number of hydrogen-bond acceptors (Lipinski definition) is 10. The van der Waals surface area contributed by atoms with Crippen LogP contribution in [0.2, 0.25) is 0 Å². The normalized spacial score (nSPS) is 21.8. The van der Waals surface area contributed by atoms with Gasteiger partial charge >= 0.3 is 17.9 Å². The molecule has 1 aliphatic heterocycles. The van der Waals surface area contributed by atoms with Gasteiger partial charge in [-0.25, -0.2) is 4.79 Å². The van der Waals surface area contributed by atoms with E-state index in [9.17, 15) is 34.8 Å². The zero-order valence-corrected chi connectivity index (χ0v) is 31.9. The molecule has 6 unspecified atom stereocenters. The number of aliphatic carboxylic acids is 1. The maximum Gasteiger partial charge on any atom is 0.335 e. The lowest BCUT2D eigenvalue weighted by Gasteiger charge is -2.38. The van der Waals surface area contributed by atoms with Crippen LogP contribution < -0.4 is 0 Å². The van der Waals surface area contributed by atoms with Crippen LogP contribution in [0.3, 0.4) is 0 Å². The number of carbonyl (C=O) groups is 3. The summed E-state index contributed by atoms with van der Waals surface area (Å²) >= 11 is 0. The monoisotopic (exact) mass is 754 g/mol. The van der Waals surface area contributed by atoms with Crippen LogP contribution in [0.1, 0.15) is 90.9 Å². The highest BCUT2D eigenvalue weighted by molar-refractivity contribution is 5.73. The highest BCUT2D eigenvalue weighted by Gasteiger charge is 2.47. The fourth-order valence-corrected chi connectivity index (χ4v) is 4.73. The summed E-state index contributed by atoms with van der Waals surface area (Å²) in [5, 5.41) is 39.6. The number of ether oxygens (including phenoxy) is 4. The first-order valence-electron chi connectivity index (χ1n) is 18.9. The largest absolute Gasteiger partial charge is 0.479 e. The number of carboxylic acid groups (broad SMARTS) is 1. The van der Waals surface area contributed by atoms with Crippen molar-refractivity contribution in [1.82, 2.24) is 0 Å². The van der Waals surface area contributed by atoms with E-state index in [4.69, 9.17) is 18.9 Å². The molecule has 0 spiro atoms. The predicted octanol–water partition coefficient (Wildman–Crippen LogP) is 7.08. The molecule has 0 bridgehead atoms. The number of aliphatic hydroxyl groups is 3. The molecule has 11 heteroatoms. The Balaban J connectivity index is 2.58. The first-order chi connectivity index (χ1) is 26.2. The van der Waals surface area contributed by atoms with Crippen molar-refractivity contribution in [3.63, 3.8) is 0 Å². The first kappa shape index (κ1) is 47.9. The topological polar surface area (TPSA) is 169 Å². The molecule has 1 fully saturated rings. The van der Waals surface area contributed by atoms with E-state index in [1.807, 2.05) is 36.5 Å². The van der Waals surface area contributed by atoms with Gasteiger partial charge in [0, 0.05) is 6.42 Å². The lowest BCUT2D eigenvalue weighted by Crippen LogP contribution is -2.60. The molecule has 6 atom stereocenters. The van der Waals surface area contributed by atoms with E-state index in [2.05, 4.69) is 80.7 Å². The Kier molecular flexibility index (Phi) is 28.7. The van der Waals surface area contributed by atoms with Crippen molar-refractivity contribution in [2.24, 2.45) is 0 Å². The summed E-state index contributed by atoms with van der Waals surface area (Å²) in [6.07, 6.45) is 34.8. The fourth-order valence-electron chi connectivity index (χ4n) is 4.73. The van der Waals surface area contributed by atoms with Crippen LogP contribution in [0.5, 0.6) is 0 Å². The molecule has 0 amide bonds. The average Bonchev–Trinajstić information content (AvgIpc) is 3.15. The van der Waals surface area contributed by atoms with Crippen molar-refractivity contribution in [3.05, 3.63) is 109 Å². The lowest BCUT2D eigenvalue weighted by atomic mass is 9.99. The Morgan fingerprint density at radius 2 is 1.02 bits per heavy atom. The summed E-state index contributed by atoms with van der Waals surface area (Å²) in [6.45, 7) is 3.38. The minimum absolute atomic E-state index is 0.0182. The number of aliphatic hydroxyl groups excluding tert-OH is 3. The van der Waals surface area contributed by atoms with Crippen LogP contribution in [-0.4, -0.2) is 88.4 Å². The van der Waals surface area contributed by atoms with Crippen LogP contribution in [0.25, 0.3) is 0 Å². The number of rotatable bonds is 28. The van der Waals surface area contributed by atoms with Gasteiger partial charge in [0.25, 0.3) is 0 Å². The maximum atomic E-state index is 12.6. The second-order valence-corrected chi connectivity index (χ2v) is 12.3. The highest BCUT2D eigenvalue weighted by atomic mass is 16.7. The molecule has 300 valence electrons. The molecule has 0 aromatic rings. The van der Waals surface area contributed by atoms with Crippen molar-refractivity contribution < 1.29 is 53.8 Å². The third kappa shape index (κ3) is 24.2. The summed E-state index contributed by atoms with van der Waals surface area (Å²) in [5.41, 5.74) is 0. The molecule has 0 radical (unpaired) electrons. The Hall–Kier alpha value is -4.13. The summed E-state index contributed by atoms with van der Waals surface area (Å²) in [4.78, 5) is 36.5. The zero-order valence-electron chi connectivity index (χ0n) is 31.9. The van der Waals surface area contributed by atoms with Gasteiger partial charge in [-0.2, -0.15) is 0 Å². The smallest absolute Gasteiger partial charge is 0.335 e. The molecule has 1 aliphatic rings. The Bertz CT molecular complexity index is 1300. The van der Waals surface area contributed by atoms with E-state index in [0.29, 0.717) is 19.3 Å². The van der Waals surface area contributed by atoms with Crippen molar-refractivity contribution in [1.29, 1.82) is 0 Å². The maximum absolute atomic E-state index is 12.6. The number of carbonyl (C=O) groups excluding carboxylic acids is 2. The molecule has 0 aromatic carbocycles. The van der Waals surface area contributed by atoms with Crippen molar-refractivity contribution >= 4 is 17.9 Å². The Morgan fingerprint density at radius 3 is 1.48 bits per heavy atom. The van der Waals surface area contributed by atoms with Gasteiger partial charge in [0.1, 0.15) is 24.9 Å². The molecule has 11 nitrogen and oxygen atoms in total. The molecule has 4 N–H and O–H groups in total. The average molecular weight is 755 g/mol. The second-order valence-electron chi connectivity index (χ2n) is 12.3. The van der Waals surface area contributed by atoms with Gasteiger partial charge in [-0.15, -0.1) is 0 Å². The van der Waals surface area contributed by atoms with Gasteiger partial charge in [-0.05, 0) is 64.2 Å². The summed E-state index contributed by atoms with van der Waals surface area (Å²) in [7, 11) is 0. The van der Waals surface area contributed by atoms with E-state index in [1.54, 1.807) is 6.08 Å². The third-order valence-corrected chi connectivity index (χ3v) is 7.66. The van der Waals surface area contributed by atoms with Gasteiger partial charge in [-0.3, -0.25) is 9.59 Å². The molecule has 1 heterocycles. The van der Waals surface area contributed by atoms with E-state index < -0.39 is 61.3 Å². The standard InChI is InChI=1S/C43H62O11/c1-3-5-7-9-11-13-15-17-18-20-21-23-25-27-29-31-36(44)51-33-35(34-52-43-40(48)38(46)39(47)41(54-43)42(49)50)53-37(45)32-30-28-26-24-22-19-16-14-12-10-8-6-4-2/h5-8,11-14,17-19,21-23,26-29,35,38-41,43,46-48H,3-4,9-10,15-16,20,24-25,30-34H2,1-2H3,(H,49,50)/b7-5-,8-6-,13-11-,14-12-,18-17-,22-19-,23-21-,28-26-,29-27-. The number of hydrogen-bond donors (Lipinski definition) is 4. The van der Waals surface area contributed by atoms with Crippen LogP contribution >= 0.6 is 0 Å². The van der Waals surface area contributed by atoms with Crippen LogP contribution in [0.15, 0.2) is 109 Å². The van der Waals surface area contributed by atoms with E-state index in [1.165, 1.54) is 0 Å². The molecule has 0 aromatic heterocycles. The first-order valence-corrected chi connectivity index (χ1v) is 18.9. The van der Waals surface area contributed by atoms with Gasteiger partial charge in [0.2, 0.25) is 0 Å². The summed E-state index contributed by atoms with van der Waals surface area (Å²) < 4.78 is 21.4. The fraction of sp³-hybridized carbons (Fsp3) is 0.512. The second kappa shape index (κ2) is 32.3. The van der Waals surface area contributed by atoms with Crippen molar-refractivity contribution in [2.75, 3.05) is 13.2 Å². The Morgan fingerprint density at radius 1 is 0.574 bits per heavy atom. The SMILES string of the molecule is CC/C=C\C/C=C\C/C=C\C/C=C\C/C=C\CC(=O)OCC(COC1OC(C(=O)O)C(O)C(O)C1O)OC(=O)CC/C=C\C/C=C\C/C=C\C/C=C\CC. The number of carboxylic acids is 1. The molecule has 54 heavy (non-hydrogen) atoms. The minimum Gasteiger partial charge on any atom is -0.479 e. The number of allylic oxidation sites excluding steroid dienone is 17. The third-order valence-electron chi connectivity index (χ3n) is 7.66. The Labute approximate surface area is 321 Å². The van der Waals surface area contributed by atoms with E-state index in [0.717, 1.165) is 44.9 Å². The predicted molar refractivity (Wildman–Crippen MR) is 210 cm³/mol. The van der Waals surface area contributed by atoms with Gasteiger partial charge < -0.3 is 39.4 Å². The van der Waals surface area contributed by atoms with Crippen molar-refractivity contribution in [3.8, 4) is 0 Å². The van der Waals surface area contributed by atoms with Crippen molar-refractivity contribution in [2.45, 2.75) is 128 Å². The van der Waals surface area contributed by atoms with Gasteiger partial charge in [0.05, 0.1) is 13.0 Å². The summed E-state index contributed by atoms with van der Waals surface area (Å²) in [6, 6.07) is 0. The molecule has 0 saturated carbocycles. The van der Waals surface area contributed by atoms with Crippen LogP contribution in [-0.2, 0) is 33.3 Å². The van der Waals surface area contributed by atoms with E-state index in [-0.39, 0.29) is 19.4 Å². The lowest BCUT2D eigenvalue weighted by molar-refractivity contribution is -0.298. The molecule has 1 saturated heterocycles. The molecular weight excluding hydrogens is 692 g/mol. The van der Waals surface area contributed by atoms with E-state index >= 15 is 0 Å². The molecular formula is C43H62O11. The van der Waals surface area contributed by atoms with Gasteiger partial charge in [-0.1, -0.05) is 123 Å². The molecule has 0 aliphatic carbocycles. The van der Waals surface area contributed by atoms with Gasteiger partial charge in [0.15, 0.2) is 18.5 Å². The van der Waals surface area contributed by atoms with Crippen LogP contribution in [0, 0.1) is 0 Å².